The molecular formula is C18H23F3N2O4S. The molecule has 0 aromatic heterocycles. The van der Waals surface area contributed by atoms with Crippen LogP contribution in [0, 0.1) is 0 Å². The van der Waals surface area contributed by atoms with Crippen molar-refractivity contribution in [2.75, 3.05) is 14.1 Å². The highest BCUT2D eigenvalue weighted by Crippen LogP contribution is 2.38. The van der Waals surface area contributed by atoms with Gasteiger partial charge in [0.05, 0.1) is 18.3 Å². The second kappa shape index (κ2) is 8.19. The molecular weight excluding hydrogens is 397 g/mol. The van der Waals surface area contributed by atoms with Crippen LogP contribution in [0.1, 0.15) is 18.1 Å². The van der Waals surface area contributed by atoms with Crippen LogP contribution in [0.2, 0.25) is 0 Å². The van der Waals surface area contributed by atoms with Gasteiger partial charge in [-0.2, -0.15) is 13.2 Å². The number of aliphatic imine (C=N–C) groups is 1. The van der Waals surface area contributed by atoms with Crippen molar-refractivity contribution in [3.05, 3.63) is 35.4 Å². The molecule has 10 heteroatoms. The molecule has 2 aliphatic rings. The van der Waals surface area contributed by atoms with Crippen molar-refractivity contribution in [2.45, 2.75) is 55.6 Å². The zero-order valence-electron chi connectivity index (χ0n) is 15.6. The minimum absolute atomic E-state index is 0.000886. The number of aliphatic hydroxyl groups is 2. The van der Waals surface area contributed by atoms with Crippen LogP contribution < -0.4 is 0 Å². The van der Waals surface area contributed by atoms with Crippen LogP contribution >= 0.6 is 11.8 Å². The van der Waals surface area contributed by atoms with Gasteiger partial charge < -0.3 is 24.6 Å². The first-order chi connectivity index (χ1) is 13.1. The number of benzene rings is 1. The van der Waals surface area contributed by atoms with Crippen LogP contribution in [0.4, 0.5) is 13.2 Å². The Hall–Kier alpha value is -1.33. The second-order valence-corrected chi connectivity index (χ2v) is 8.10. The molecule has 156 valence electrons. The maximum absolute atomic E-state index is 13.1. The van der Waals surface area contributed by atoms with Crippen molar-refractivity contribution >= 4 is 16.9 Å². The minimum Gasteiger partial charge on any atom is -0.388 e. The Morgan fingerprint density at radius 2 is 1.93 bits per heavy atom. The van der Waals surface area contributed by atoms with Gasteiger partial charge in [0.1, 0.15) is 29.8 Å². The third-order valence-corrected chi connectivity index (χ3v) is 6.06. The van der Waals surface area contributed by atoms with Crippen LogP contribution in [-0.4, -0.2) is 70.3 Å². The average Bonchev–Trinajstić information content (AvgIpc) is 3.07. The molecule has 0 unspecified atom stereocenters. The number of fused-ring (bicyclic) bond motifs is 1. The van der Waals surface area contributed by atoms with Gasteiger partial charge in [0.15, 0.2) is 5.17 Å². The zero-order valence-corrected chi connectivity index (χ0v) is 16.4. The van der Waals surface area contributed by atoms with Crippen LogP contribution in [0.5, 0.6) is 0 Å². The van der Waals surface area contributed by atoms with Crippen LogP contribution in [0.3, 0.4) is 0 Å². The first-order valence-electron chi connectivity index (χ1n) is 8.79. The van der Waals surface area contributed by atoms with E-state index in [9.17, 15) is 23.4 Å². The number of rotatable bonds is 4. The quantitative estimate of drug-likeness (QED) is 0.777. The highest BCUT2D eigenvalue weighted by atomic mass is 32.2. The molecule has 0 spiro atoms. The van der Waals surface area contributed by atoms with Crippen LogP contribution in [0.25, 0.3) is 0 Å². The molecule has 1 aromatic carbocycles. The molecule has 6 nitrogen and oxygen atoms in total. The second-order valence-electron chi connectivity index (χ2n) is 7.04. The number of ether oxygens (including phenoxy) is 2. The van der Waals surface area contributed by atoms with Gasteiger partial charge in [0.2, 0.25) is 0 Å². The third-order valence-electron chi connectivity index (χ3n) is 4.76. The minimum atomic E-state index is -4.48. The van der Waals surface area contributed by atoms with Gasteiger partial charge in [-0.25, -0.2) is 0 Å². The van der Waals surface area contributed by atoms with Crippen LogP contribution in [-0.2, 0) is 22.3 Å². The molecule has 2 heterocycles. The van der Waals surface area contributed by atoms with E-state index >= 15 is 0 Å². The Balaban J connectivity index is 1.67. The summed E-state index contributed by atoms with van der Waals surface area (Å²) in [7, 11) is 3.63. The van der Waals surface area contributed by atoms with E-state index in [-0.39, 0.29) is 12.2 Å². The molecule has 1 aromatic rings. The lowest BCUT2D eigenvalue weighted by atomic mass is 9.95. The van der Waals surface area contributed by atoms with Crippen molar-refractivity contribution in [3.63, 3.8) is 0 Å². The number of halogens is 3. The maximum Gasteiger partial charge on any atom is 0.416 e. The summed E-state index contributed by atoms with van der Waals surface area (Å²) in [6.45, 7) is 1.31. The Labute approximate surface area is 165 Å². The summed E-state index contributed by atoms with van der Waals surface area (Å²) >= 11 is 1.33. The summed E-state index contributed by atoms with van der Waals surface area (Å²) in [5.41, 5.74) is -1.25. The Morgan fingerprint density at radius 3 is 2.57 bits per heavy atom. The first kappa shape index (κ1) is 21.4. The molecule has 3 rings (SSSR count). The molecule has 2 N–H and O–H groups in total. The third kappa shape index (κ3) is 4.30. The fraction of sp³-hybridized carbons (Fsp3) is 0.611. The largest absolute Gasteiger partial charge is 0.416 e. The SMILES string of the molecule is C[C@H](OCc1ccccc1C(F)(F)F)[C@H]1O[C@@H]2SC(N(C)C)=N[C@@H]2[C@@H](O)[C@@H]1O. The molecule has 0 saturated carbocycles. The number of thioether (sulfide) groups is 1. The van der Waals surface area contributed by atoms with E-state index in [4.69, 9.17) is 9.47 Å². The smallest absolute Gasteiger partial charge is 0.388 e. The standard InChI is InChI=1S/C18H23F3N2O4S/c1-9(26-8-10-6-4-5-7-11(10)18(19,20)21)15-14(25)13(24)12-16(27-15)28-17(22-12)23(2)3/h4-7,9,12-16,24-25H,8H2,1-3H3/t9-,12+,13+,14-,15+,16+/m0/s1. The lowest BCUT2D eigenvalue weighted by Crippen LogP contribution is -2.58. The zero-order chi connectivity index (χ0) is 20.6. The predicted octanol–water partition coefficient (Wildman–Crippen LogP) is 2.09. The number of hydrogen-bond acceptors (Lipinski definition) is 7. The van der Waals surface area contributed by atoms with Crippen molar-refractivity contribution < 1.29 is 32.9 Å². The number of alkyl halides is 3. The number of nitrogens with zero attached hydrogens (tertiary/aromatic N) is 2. The normalized spacial score (nSPS) is 31.3. The molecule has 6 atom stereocenters. The Morgan fingerprint density at radius 1 is 1.25 bits per heavy atom. The van der Waals surface area contributed by atoms with Gasteiger partial charge in [0.25, 0.3) is 0 Å². The molecule has 0 aliphatic carbocycles. The van der Waals surface area contributed by atoms with E-state index in [1.807, 2.05) is 14.1 Å². The molecule has 2 aliphatic heterocycles. The van der Waals surface area contributed by atoms with E-state index in [0.29, 0.717) is 5.17 Å². The molecule has 1 fully saturated rings. The van der Waals surface area contributed by atoms with Gasteiger partial charge in [0, 0.05) is 14.1 Å². The summed E-state index contributed by atoms with van der Waals surface area (Å²) < 4.78 is 50.8. The van der Waals surface area contributed by atoms with E-state index in [1.165, 1.54) is 30.0 Å². The molecule has 0 amide bonds. The van der Waals surface area contributed by atoms with Crippen LogP contribution in [0.15, 0.2) is 29.3 Å². The summed E-state index contributed by atoms with van der Waals surface area (Å²) in [6.07, 6.45) is -8.52. The van der Waals surface area contributed by atoms with Gasteiger partial charge in [-0.1, -0.05) is 30.0 Å². The summed E-state index contributed by atoms with van der Waals surface area (Å²) in [4.78, 5) is 6.16. The van der Waals surface area contributed by atoms with Crippen molar-refractivity contribution in [1.82, 2.24) is 4.90 Å². The van der Waals surface area contributed by atoms with E-state index in [2.05, 4.69) is 4.99 Å². The summed E-state index contributed by atoms with van der Waals surface area (Å²) in [6, 6.07) is 4.57. The number of aliphatic hydroxyl groups excluding tert-OH is 2. The molecule has 0 bridgehead atoms. The van der Waals surface area contributed by atoms with E-state index in [1.54, 1.807) is 11.8 Å². The lowest BCUT2D eigenvalue weighted by molar-refractivity contribution is -0.193. The molecule has 28 heavy (non-hydrogen) atoms. The highest BCUT2D eigenvalue weighted by molar-refractivity contribution is 8.14. The molecule has 0 radical (unpaired) electrons. The van der Waals surface area contributed by atoms with Gasteiger partial charge in [-0.3, -0.25) is 4.99 Å². The lowest BCUT2D eigenvalue weighted by Gasteiger charge is -2.40. The monoisotopic (exact) mass is 420 g/mol. The highest BCUT2D eigenvalue weighted by Gasteiger charge is 2.50. The number of hydrogen-bond donors (Lipinski definition) is 2. The van der Waals surface area contributed by atoms with Crippen molar-refractivity contribution in [1.29, 1.82) is 0 Å². The summed E-state index contributed by atoms with van der Waals surface area (Å²) in [5, 5.41) is 21.5. The fourth-order valence-corrected chi connectivity index (χ4v) is 4.36. The van der Waals surface area contributed by atoms with E-state index < -0.39 is 47.6 Å². The van der Waals surface area contributed by atoms with Gasteiger partial charge in [-0.05, 0) is 18.6 Å². The summed E-state index contributed by atoms with van der Waals surface area (Å²) in [5.74, 6) is 0. The number of amidine groups is 1. The van der Waals surface area contributed by atoms with Crippen molar-refractivity contribution in [2.24, 2.45) is 4.99 Å². The Kier molecular flexibility index (Phi) is 6.26. The average molecular weight is 420 g/mol. The molecule has 1 saturated heterocycles. The maximum atomic E-state index is 13.1. The van der Waals surface area contributed by atoms with Gasteiger partial charge in [-0.15, -0.1) is 0 Å². The van der Waals surface area contributed by atoms with E-state index in [0.717, 1.165) is 6.07 Å². The van der Waals surface area contributed by atoms with Gasteiger partial charge >= 0.3 is 6.18 Å². The van der Waals surface area contributed by atoms with Crippen molar-refractivity contribution in [3.8, 4) is 0 Å². The Bertz CT molecular complexity index is 731. The predicted molar refractivity (Wildman–Crippen MR) is 98.9 cm³/mol. The topological polar surface area (TPSA) is 74.5 Å². The first-order valence-corrected chi connectivity index (χ1v) is 9.67. The fourth-order valence-electron chi connectivity index (χ4n) is 3.22.